The Bertz CT molecular complexity index is 962. The molecule has 25 heavy (non-hydrogen) atoms. The van der Waals surface area contributed by atoms with Gasteiger partial charge in [-0.05, 0) is 42.8 Å². The summed E-state index contributed by atoms with van der Waals surface area (Å²) < 4.78 is 5.72. The molecule has 0 radical (unpaired) electrons. The van der Waals surface area contributed by atoms with Crippen molar-refractivity contribution in [1.82, 2.24) is 4.90 Å². The van der Waals surface area contributed by atoms with E-state index in [1.54, 1.807) is 29.2 Å². The maximum Gasteiger partial charge on any atom is 0.290 e. The lowest BCUT2D eigenvalue weighted by atomic mass is 10.1. The average molecular weight is 330 g/mol. The molecule has 3 aromatic rings. The number of hydrogen-bond donors (Lipinski definition) is 0. The molecule has 0 saturated carbocycles. The fourth-order valence-corrected chi connectivity index (χ4v) is 2.70. The minimum atomic E-state index is -0.182. The molecule has 124 valence electrons. The van der Waals surface area contributed by atoms with Gasteiger partial charge in [0.15, 0.2) is 5.76 Å². The standard InChI is InChI=1S/C21H18N2O2/c1-3-10-23(14-17-7-5-16(13-22)6-8-17)21(24)20-12-18-11-15(2)4-9-19(18)25-20/h3-9,11-12H,1,10,14H2,2H3. The van der Waals surface area contributed by atoms with Crippen molar-refractivity contribution in [3.8, 4) is 6.07 Å². The maximum atomic E-state index is 12.8. The Labute approximate surface area is 146 Å². The minimum Gasteiger partial charge on any atom is -0.451 e. The zero-order chi connectivity index (χ0) is 17.8. The fourth-order valence-electron chi connectivity index (χ4n) is 2.70. The van der Waals surface area contributed by atoms with Crippen LogP contribution in [0.15, 0.2) is 65.6 Å². The van der Waals surface area contributed by atoms with Crippen molar-refractivity contribution < 1.29 is 9.21 Å². The summed E-state index contributed by atoms with van der Waals surface area (Å²) >= 11 is 0. The van der Waals surface area contributed by atoms with Crippen LogP contribution >= 0.6 is 0 Å². The predicted octanol–water partition coefficient (Wildman–Crippen LogP) is 4.44. The van der Waals surface area contributed by atoms with Crippen molar-refractivity contribution in [1.29, 1.82) is 5.26 Å². The van der Waals surface area contributed by atoms with Gasteiger partial charge < -0.3 is 9.32 Å². The van der Waals surface area contributed by atoms with Crippen LogP contribution in [-0.4, -0.2) is 17.4 Å². The highest BCUT2D eigenvalue weighted by molar-refractivity contribution is 5.96. The summed E-state index contributed by atoms with van der Waals surface area (Å²) in [5.41, 5.74) is 3.36. The van der Waals surface area contributed by atoms with Crippen LogP contribution in [0.25, 0.3) is 11.0 Å². The van der Waals surface area contributed by atoms with Crippen molar-refractivity contribution in [2.75, 3.05) is 6.54 Å². The Morgan fingerprint density at radius 1 is 1.24 bits per heavy atom. The second-order valence-corrected chi connectivity index (χ2v) is 5.94. The van der Waals surface area contributed by atoms with Crippen LogP contribution in [0.4, 0.5) is 0 Å². The average Bonchev–Trinajstić information content (AvgIpc) is 3.04. The van der Waals surface area contributed by atoms with Crippen molar-refractivity contribution in [3.05, 3.63) is 83.6 Å². The van der Waals surface area contributed by atoms with Gasteiger partial charge in [0.2, 0.25) is 0 Å². The highest BCUT2D eigenvalue weighted by Gasteiger charge is 2.19. The summed E-state index contributed by atoms with van der Waals surface area (Å²) in [7, 11) is 0. The van der Waals surface area contributed by atoms with E-state index in [0.717, 1.165) is 16.5 Å². The van der Waals surface area contributed by atoms with Gasteiger partial charge >= 0.3 is 0 Å². The molecule has 1 heterocycles. The molecular formula is C21H18N2O2. The summed E-state index contributed by atoms with van der Waals surface area (Å²) in [5, 5.41) is 9.80. The van der Waals surface area contributed by atoms with E-state index in [-0.39, 0.29) is 5.91 Å². The third-order valence-corrected chi connectivity index (χ3v) is 3.98. The third kappa shape index (κ3) is 3.61. The molecule has 4 nitrogen and oxygen atoms in total. The van der Waals surface area contributed by atoms with Gasteiger partial charge in [0.25, 0.3) is 5.91 Å². The Morgan fingerprint density at radius 3 is 2.68 bits per heavy atom. The Kier molecular flexibility index (Phi) is 4.67. The number of nitrogens with zero attached hydrogens (tertiary/aromatic N) is 2. The topological polar surface area (TPSA) is 57.2 Å². The first-order chi connectivity index (χ1) is 12.1. The monoisotopic (exact) mass is 330 g/mol. The van der Waals surface area contributed by atoms with E-state index in [1.165, 1.54) is 0 Å². The van der Waals surface area contributed by atoms with Crippen molar-refractivity contribution in [3.63, 3.8) is 0 Å². The van der Waals surface area contributed by atoms with Gasteiger partial charge in [-0.2, -0.15) is 5.26 Å². The smallest absolute Gasteiger partial charge is 0.290 e. The number of carbonyl (C=O) groups is 1. The van der Waals surface area contributed by atoms with Gasteiger partial charge in [0, 0.05) is 18.5 Å². The second-order valence-electron chi connectivity index (χ2n) is 5.94. The molecule has 0 aliphatic rings. The van der Waals surface area contributed by atoms with E-state index in [2.05, 4.69) is 12.6 Å². The molecule has 4 heteroatoms. The molecule has 0 fully saturated rings. The van der Waals surface area contributed by atoms with Crippen LogP contribution < -0.4 is 0 Å². The van der Waals surface area contributed by atoms with Crippen LogP contribution in [0, 0.1) is 18.3 Å². The van der Waals surface area contributed by atoms with E-state index in [1.807, 2.05) is 37.3 Å². The van der Waals surface area contributed by atoms with Crippen molar-refractivity contribution >= 4 is 16.9 Å². The lowest BCUT2D eigenvalue weighted by molar-refractivity contribution is 0.0733. The maximum absolute atomic E-state index is 12.8. The Balaban J connectivity index is 1.86. The largest absolute Gasteiger partial charge is 0.451 e. The van der Waals surface area contributed by atoms with Crippen molar-refractivity contribution in [2.24, 2.45) is 0 Å². The van der Waals surface area contributed by atoms with Gasteiger partial charge in [0.05, 0.1) is 11.6 Å². The SMILES string of the molecule is C=CCN(Cc1ccc(C#N)cc1)C(=O)c1cc2cc(C)ccc2o1. The van der Waals surface area contributed by atoms with Gasteiger partial charge in [-0.15, -0.1) is 6.58 Å². The van der Waals surface area contributed by atoms with E-state index < -0.39 is 0 Å². The van der Waals surface area contributed by atoms with Crippen LogP contribution in [0.3, 0.4) is 0 Å². The van der Waals surface area contributed by atoms with E-state index in [9.17, 15) is 4.79 Å². The fraction of sp³-hybridized carbons (Fsp3) is 0.143. The number of benzene rings is 2. The van der Waals surface area contributed by atoms with Gasteiger partial charge in [0.1, 0.15) is 5.58 Å². The number of fused-ring (bicyclic) bond motifs is 1. The number of nitriles is 1. The Morgan fingerprint density at radius 2 is 2.00 bits per heavy atom. The summed E-state index contributed by atoms with van der Waals surface area (Å²) in [4.78, 5) is 14.5. The summed E-state index contributed by atoms with van der Waals surface area (Å²) in [6.07, 6.45) is 1.69. The molecule has 0 saturated heterocycles. The van der Waals surface area contributed by atoms with Crippen LogP contribution in [0.5, 0.6) is 0 Å². The zero-order valence-electron chi connectivity index (χ0n) is 14.0. The summed E-state index contributed by atoms with van der Waals surface area (Å²) in [6.45, 7) is 6.57. The zero-order valence-corrected chi connectivity index (χ0v) is 14.0. The minimum absolute atomic E-state index is 0.182. The summed E-state index contributed by atoms with van der Waals surface area (Å²) in [5.74, 6) is 0.134. The molecule has 0 spiro atoms. The quantitative estimate of drug-likeness (QED) is 0.650. The first-order valence-corrected chi connectivity index (χ1v) is 8.00. The van der Waals surface area contributed by atoms with E-state index in [0.29, 0.717) is 30.0 Å². The van der Waals surface area contributed by atoms with Crippen LogP contribution in [0.2, 0.25) is 0 Å². The number of hydrogen-bond acceptors (Lipinski definition) is 3. The first kappa shape index (κ1) is 16.5. The molecule has 0 aliphatic heterocycles. The molecule has 0 N–H and O–H groups in total. The van der Waals surface area contributed by atoms with E-state index in [4.69, 9.17) is 9.68 Å². The van der Waals surface area contributed by atoms with Crippen LogP contribution in [-0.2, 0) is 6.54 Å². The van der Waals surface area contributed by atoms with Gasteiger partial charge in [-0.25, -0.2) is 0 Å². The Hall–Kier alpha value is -3.32. The molecule has 0 unspecified atom stereocenters. The molecule has 0 atom stereocenters. The number of furan rings is 1. The molecule has 0 aliphatic carbocycles. The van der Waals surface area contributed by atoms with Crippen molar-refractivity contribution in [2.45, 2.75) is 13.5 Å². The molecule has 1 aromatic heterocycles. The second kappa shape index (κ2) is 7.06. The lowest BCUT2D eigenvalue weighted by Crippen LogP contribution is -2.30. The molecule has 0 bridgehead atoms. The number of carbonyl (C=O) groups excluding carboxylic acids is 1. The molecular weight excluding hydrogens is 312 g/mol. The van der Waals surface area contributed by atoms with Crippen LogP contribution in [0.1, 0.15) is 27.2 Å². The first-order valence-electron chi connectivity index (χ1n) is 8.00. The predicted molar refractivity (Wildman–Crippen MR) is 97.0 cm³/mol. The summed E-state index contributed by atoms with van der Waals surface area (Å²) in [6, 6.07) is 16.9. The van der Waals surface area contributed by atoms with Gasteiger partial charge in [-0.3, -0.25) is 4.79 Å². The van der Waals surface area contributed by atoms with Gasteiger partial charge in [-0.1, -0.05) is 29.8 Å². The molecule has 3 rings (SSSR count). The highest BCUT2D eigenvalue weighted by Crippen LogP contribution is 2.22. The lowest BCUT2D eigenvalue weighted by Gasteiger charge is -2.20. The highest BCUT2D eigenvalue weighted by atomic mass is 16.3. The molecule has 2 aromatic carbocycles. The number of amides is 1. The third-order valence-electron chi connectivity index (χ3n) is 3.98. The number of rotatable bonds is 5. The molecule has 1 amide bonds. The van der Waals surface area contributed by atoms with E-state index >= 15 is 0 Å². The number of aryl methyl sites for hydroxylation is 1. The normalized spacial score (nSPS) is 10.4.